The lowest BCUT2D eigenvalue weighted by Gasteiger charge is -2.17. The number of rotatable bonds is 3. The van der Waals surface area contributed by atoms with E-state index in [9.17, 15) is 5.11 Å². The third-order valence-electron chi connectivity index (χ3n) is 4.24. The van der Waals surface area contributed by atoms with Crippen LogP contribution in [0.5, 0.6) is 11.5 Å². The summed E-state index contributed by atoms with van der Waals surface area (Å²) in [5.74, 6) is 0.634. The maximum Gasteiger partial charge on any atom is 0.166 e. The van der Waals surface area contributed by atoms with E-state index in [2.05, 4.69) is 37.3 Å². The van der Waals surface area contributed by atoms with E-state index in [1.807, 2.05) is 38.1 Å². The van der Waals surface area contributed by atoms with Gasteiger partial charge in [0.05, 0.1) is 7.11 Å². The molecule has 0 heterocycles. The SMILES string of the molecule is COc1c(C)[c]c(-c2ccc(C)cc2)c(-c2ccc(C)cc2)c1O. The molecule has 0 amide bonds. The maximum absolute atomic E-state index is 10.8. The molecule has 0 atom stereocenters. The van der Waals surface area contributed by atoms with Gasteiger partial charge in [0, 0.05) is 16.7 Å². The molecule has 24 heavy (non-hydrogen) atoms. The first kappa shape index (κ1) is 16.1. The van der Waals surface area contributed by atoms with Crippen LogP contribution in [0.2, 0.25) is 0 Å². The van der Waals surface area contributed by atoms with Crippen molar-refractivity contribution in [3.63, 3.8) is 0 Å². The number of ether oxygens (including phenoxy) is 1. The molecule has 0 spiro atoms. The molecule has 0 unspecified atom stereocenters. The summed E-state index contributed by atoms with van der Waals surface area (Å²) in [6, 6.07) is 19.8. The van der Waals surface area contributed by atoms with Gasteiger partial charge in [-0.2, -0.15) is 0 Å². The van der Waals surface area contributed by atoms with Crippen molar-refractivity contribution < 1.29 is 9.84 Å². The van der Waals surface area contributed by atoms with Crippen LogP contribution in [0.1, 0.15) is 16.7 Å². The number of hydrogen-bond donors (Lipinski definition) is 1. The van der Waals surface area contributed by atoms with Crippen molar-refractivity contribution in [3.8, 4) is 33.8 Å². The number of aromatic hydroxyl groups is 1. The van der Waals surface area contributed by atoms with E-state index in [1.54, 1.807) is 7.11 Å². The lowest BCUT2D eigenvalue weighted by Crippen LogP contribution is -1.94. The van der Waals surface area contributed by atoms with Crippen LogP contribution in [0.25, 0.3) is 22.3 Å². The second-order valence-electron chi connectivity index (χ2n) is 6.11. The van der Waals surface area contributed by atoms with Gasteiger partial charge in [-0.05, 0) is 38.0 Å². The summed E-state index contributed by atoms with van der Waals surface area (Å²) in [4.78, 5) is 0. The third-order valence-corrected chi connectivity index (χ3v) is 4.24. The predicted octanol–water partition coefficient (Wildman–Crippen LogP) is 5.46. The highest BCUT2D eigenvalue weighted by atomic mass is 16.5. The zero-order valence-corrected chi connectivity index (χ0v) is 14.5. The smallest absolute Gasteiger partial charge is 0.166 e. The first-order valence-electron chi connectivity index (χ1n) is 7.98. The van der Waals surface area contributed by atoms with Crippen molar-refractivity contribution >= 4 is 0 Å². The fourth-order valence-corrected chi connectivity index (χ4v) is 2.90. The molecular formula is C22H21O2. The van der Waals surface area contributed by atoms with Crippen LogP contribution in [-0.2, 0) is 0 Å². The van der Waals surface area contributed by atoms with Crippen LogP contribution in [-0.4, -0.2) is 12.2 Å². The Balaban J connectivity index is 2.31. The highest BCUT2D eigenvalue weighted by Crippen LogP contribution is 2.45. The minimum atomic E-state index is 0.160. The quantitative estimate of drug-likeness (QED) is 0.695. The summed E-state index contributed by atoms with van der Waals surface area (Å²) in [5, 5.41) is 10.8. The molecule has 1 N–H and O–H groups in total. The molecule has 2 heteroatoms. The Morgan fingerprint density at radius 1 is 0.792 bits per heavy atom. The Hall–Kier alpha value is -2.74. The van der Waals surface area contributed by atoms with Crippen LogP contribution in [0.15, 0.2) is 48.5 Å². The van der Waals surface area contributed by atoms with Gasteiger partial charge in [0.15, 0.2) is 11.5 Å². The fraction of sp³-hybridized carbons (Fsp3) is 0.182. The molecule has 2 nitrogen and oxygen atoms in total. The van der Waals surface area contributed by atoms with Crippen LogP contribution in [0, 0.1) is 26.8 Å². The first-order valence-corrected chi connectivity index (χ1v) is 7.98. The van der Waals surface area contributed by atoms with Crippen molar-refractivity contribution in [2.75, 3.05) is 7.11 Å². The Morgan fingerprint density at radius 2 is 1.29 bits per heavy atom. The average Bonchev–Trinajstić information content (AvgIpc) is 2.57. The van der Waals surface area contributed by atoms with Crippen LogP contribution < -0.4 is 4.74 Å². The van der Waals surface area contributed by atoms with Gasteiger partial charge in [0.25, 0.3) is 0 Å². The van der Waals surface area contributed by atoms with Gasteiger partial charge in [-0.1, -0.05) is 59.7 Å². The summed E-state index contributed by atoms with van der Waals surface area (Å²) in [6.07, 6.45) is 0. The summed E-state index contributed by atoms with van der Waals surface area (Å²) < 4.78 is 5.39. The topological polar surface area (TPSA) is 29.5 Å². The zero-order valence-electron chi connectivity index (χ0n) is 14.5. The first-order chi connectivity index (χ1) is 11.5. The van der Waals surface area contributed by atoms with E-state index in [4.69, 9.17) is 4.74 Å². The maximum atomic E-state index is 10.8. The molecule has 0 bridgehead atoms. The monoisotopic (exact) mass is 317 g/mol. The Bertz CT molecular complexity index is 860. The minimum absolute atomic E-state index is 0.160. The normalized spacial score (nSPS) is 10.7. The zero-order chi connectivity index (χ0) is 17.3. The van der Waals surface area contributed by atoms with E-state index in [0.717, 1.165) is 27.8 Å². The van der Waals surface area contributed by atoms with E-state index >= 15 is 0 Å². The molecule has 3 rings (SSSR count). The molecule has 0 aliphatic heterocycles. The van der Waals surface area contributed by atoms with Crippen molar-refractivity contribution in [1.82, 2.24) is 0 Å². The Morgan fingerprint density at radius 3 is 1.79 bits per heavy atom. The van der Waals surface area contributed by atoms with E-state index in [1.165, 1.54) is 11.1 Å². The van der Waals surface area contributed by atoms with Gasteiger partial charge in [0.1, 0.15) is 0 Å². The van der Waals surface area contributed by atoms with E-state index < -0.39 is 0 Å². The van der Waals surface area contributed by atoms with Gasteiger partial charge in [-0.3, -0.25) is 0 Å². The molecule has 0 saturated heterocycles. The number of aryl methyl sites for hydroxylation is 3. The highest BCUT2D eigenvalue weighted by molar-refractivity contribution is 5.89. The highest BCUT2D eigenvalue weighted by Gasteiger charge is 2.19. The second kappa shape index (κ2) is 6.40. The number of hydrogen-bond acceptors (Lipinski definition) is 2. The van der Waals surface area contributed by atoms with Crippen molar-refractivity contribution in [2.45, 2.75) is 20.8 Å². The van der Waals surface area contributed by atoms with E-state index in [0.29, 0.717) is 5.75 Å². The number of methoxy groups -OCH3 is 1. The third kappa shape index (κ3) is 2.88. The van der Waals surface area contributed by atoms with Gasteiger partial charge < -0.3 is 9.84 Å². The molecule has 121 valence electrons. The van der Waals surface area contributed by atoms with Crippen LogP contribution in [0.3, 0.4) is 0 Å². The van der Waals surface area contributed by atoms with Crippen molar-refractivity contribution in [3.05, 3.63) is 71.3 Å². The number of benzene rings is 3. The molecule has 3 aromatic carbocycles. The van der Waals surface area contributed by atoms with Gasteiger partial charge in [-0.15, -0.1) is 0 Å². The molecule has 0 aliphatic carbocycles. The Labute approximate surface area is 143 Å². The lowest BCUT2D eigenvalue weighted by molar-refractivity contribution is 0.372. The summed E-state index contributed by atoms with van der Waals surface area (Å²) in [5.41, 5.74) is 6.78. The standard InChI is InChI=1S/C22H21O2/c1-14-5-9-17(10-6-14)19-13-16(3)22(24-4)21(23)20(19)18-11-7-15(2)8-12-18/h5-12,23H,1-4H3. The van der Waals surface area contributed by atoms with Crippen LogP contribution >= 0.6 is 0 Å². The van der Waals surface area contributed by atoms with Crippen molar-refractivity contribution in [1.29, 1.82) is 0 Å². The Kier molecular flexibility index (Phi) is 4.30. The molecular weight excluding hydrogens is 296 g/mol. The average molecular weight is 317 g/mol. The van der Waals surface area contributed by atoms with Gasteiger partial charge >= 0.3 is 0 Å². The number of phenolic OH excluding ortho intramolecular Hbond substituents is 1. The molecule has 3 aromatic rings. The van der Waals surface area contributed by atoms with Crippen molar-refractivity contribution in [2.24, 2.45) is 0 Å². The second-order valence-corrected chi connectivity index (χ2v) is 6.11. The van der Waals surface area contributed by atoms with Gasteiger partial charge in [0.2, 0.25) is 0 Å². The lowest BCUT2D eigenvalue weighted by atomic mass is 9.91. The summed E-state index contributed by atoms with van der Waals surface area (Å²) in [6.45, 7) is 6.01. The summed E-state index contributed by atoms with van der Waals surface area (Å²) >= 11 is 0. The molecule has 0 saturated carbocycles. The van der Waals surface area contributed by atoms with E-state index in [-0.39, 0.29) is 5.75 Å². The summed E-state index contributed by atoms with van der Waals surface area (Å²) in [7, 11) is 1.57. The molecule has 1 radical (unpaired) electrons. The largest absolute Gasteiger partial charge is 0.504 e. The fourth-order valence-electron chi connectivity index (χ4n) is 2.90. The predicted molar refractivity (Wildman–Crippen MR) is 98.6 cm³/mol. The molecule has 0 aliphatic rings. The van der Waals surface area contributed by atoms with Crippen LogP contribution in [0.4, 0.5) is 0 Å². The molecule has 0 aromatic heterocycles. The minimum Gasteiger partial charge on any atom is -0.504 e. The number of phenols is 1. The van der Waals surface area contributed by atoms with Gasteiger partial charge in [-0.25, -0.2) is 0 Å². The molecule has 0 fully saturated rings.